The van der Waals surface area contributed by atoms with Crippen LogP contribution in [0.4, 0.5) is 4.39 Å². The van der Waals surface area contributed by atoms with Gasteiger partial charge in [-0.15, -0.1) is 0 Å². The summed E-state index contributed by atoms with van der Waals surface area (Å²) < 4.78 is 14.3. The lowest BCUT2D eigenvalue weighted by Crippen LogP contribution is -2.39. The summed E-state index contributed by atoms with van der Waals surface area (Å²) in [5.41, 5.74) is 1.60. The monoisotopic (exact) mass is 331 g/mol. The van der Waals surface area contributed by atoms with Gasteiger partial charge in [0.05, 0.1) is 6.04 Å². The summed E-state index contributed by atoms with van der Waals surface area (Å²) in [4.78, 5) is 27.7. The molecule has 0 aromatic heterocycles. The third kappa shape index (κ3) is 2.88. The summed E-state index contributed by atoms with van der Waals surface area (Å²) >= 11 is 1.34. The molecular weight excluding hydrogens is 313 g/mol. The SMILES string of the molecule is O=C1CC2=C(CCN([C@@H](C(=O)C3CC3)c3ccccc3F)C2)S1. The van der Waals surface area contributed by atoms with E-state index >= 15 is 0 Å². The first-order valence-electron chi connectivity index (χ1n) is 8.07. The lowest BCUT2D eigenvalue weighted by Gasteiger charge is -2.34. The Morgan fingerprint density at radius 1 is 1.30 bits per heavy atom. The fourth-order valence-electron chi connectivity index (χ4n) is 3.50. The van der Waals surface area contributed by atoms with Crippen LogP contribution in [0.2, 0.25) is 0 Å². The Morgan fingerprint density at radius 2 is 2.09 bits per heavy atom. The summed E-state index contributed by atoms with van der Waals surface area (Å²) in [6.07, 6.45) is 3.09. The Kier molecular flexibility index (Phi) is 3.85. The molecule has 0 N–H and O–H groups in total. The number of ketones is 1. The van der Waals surface area contributed by atoms with E-state index in [-0.39, 0.29) is 22.6 Å². The van der Waals surface area contributed by atoms with E-state index in [1.54, 1.807) is 18.2 Å². The average Bonchev–Trinajstić information content (AvgIpc) is 3.31. The van der Waals surface area contributed by atoms with Crippen LogP contribution in [-0.4, -0.2) is 28.9 Å². The molecule has 1 saturated carbocycles. The first kappa shape index (κ1) is 15.1. The maximum absolute atomic E-state index is 14.3. The molecule has 0 radical (unpaired) electrons. The van der Waals surface area contributed by atoms with Gasteiger partial charge in [0.2, 0.25) is 0 Å². The molecule has 4 rings (SSSR count). The van der Waals surface area contributed by atoms with Crippen molar-refractivity contribution in [3.8, 4) is 0 Å². The van der Waals surface area contributed by atoms with E-state index in [2.05, 4.69) is 4.90 Å². The number of halogens is 1. The van der Waals surface area contributed by atoms with Crippen molar-refractivity contribution in [3.05, 3.63) is 46.1 Å². The molecule has 3 nitrogen and oxygen atoms in total. The summed E-state index contributed by atoms with van der Waals surface area (Å²) in [6, 6.07) is 6.07. The van der Waals surface area contributed by atoms with Crippen molar-refractivity contribution in [1.29, 1.82) is 0 Å². The van der Waals surface area contributed by atoms with Crippen molar-refractivity contribution in [2.45, 2.75) is 31.7 Å². The standard InChI is InChI=1S/C18H18FNO2S/c19-14-4-2-1-3-13(14)17(18(22)11-5-6-11)20-8-7-15-12(10-20)9-16(21)23-15/h1-4,11,17H,5-10H2/t17-/m1/s1. The van der Waals surface area contributed by atoms with Crippen molar-refractivity contribution in [2.24, 2.45) is 5.92 Å². The quantitative estimate of drug-likeness (QED) is 0.847. The third-order valence-electron chi connectivity index (χ3n) is 4.82. The van der Waals surface area contributed by atoms with Crippen LogP contribution < -0.4 is 0 Å². The molecule has 1 aliphatic carbocycles. The second kappa shape index (κ2) is 5.87. The van der Waals surface area contributed by atoms with Crippen molar-refractivity contribution in [2.75, 3.05) is 13.1 Å². The van der Waals surface area contributed by atoms with Gasteiger partial charge in [-0.05, 0) is 35.8 Å². The lowest BCUT2D eigenvalue weighted by molar-refractivity contribution is -0.125. The summed E-state index contributed by atoms with van der Waals surface area (Å²) in [5.74, 6) is -0.103. The number of hydrogen-bond donors (Lipinski definition) is 0. The van der Waals surface area contributed by atoms with E-state index in [0.717, 1.165) is 29.7 Å². The number of hydrogen-bond acceptors (Lipinski definition) is 4. The summed E-state index contributed by atoms with van der Waals surface area (Å²) in [5, 5.41) is 0.188. The number of thioether (sulfide) groups is 1. The van der Waals surface area contributed by atoms with Crippen LogP contribution in [-0.2, 0) is 9.59 Å². The minimum absolute atomic E-state index is 0.0783. The molecule has 3 aliphatic rings. The number of carbonyl (C=O) groups is 2. The number of benzene rings is 1. The smallest absolute Gasteiger partial charge is 0.197 e. The Hall–Kier alpha value is -1.46. The molecule has 120 valence electrons. The normalized spacial score (nSPS) is 23.1. The molecule has 5 heteroatoms. The zero-order valence-electron chi connectivity index (χ0n) is 12.8. The van der Waals surface area contributed by atoms with Crippen LogP contribution in [0.15, 0.2) is 34.7 Å². The second-order valence-corrected chi connectivity index (χ2v) is 7.65. The third-order valence-corrected chi connectivity index (χ3v) is 5.93. The van der Waals surface area contributed by atoms with E-state index in [9.17, 15) is 14.0 Å². The minimum atomic E-state index is -0.515. The van der Waals surface area contributed by atoms with Crippen molar-refractivity contribution >= 4 is 22.7 Å². The first-order chi connectivity index (χ1) is 11.1. The molecule has 1 fully saturated rings. The molecule has 1 aromatic carbocycles. The summed E-state index contributed by atoms with van der Waals surface area (Å²) in [6.45, 7) is 1.31. The molecule has 0 amide bonds. The molecule has 2 aliphatic heterocycles. The van der Waals surface area contributed by atoms with Gasteiger partial charge in [-0.3, -0.25) is 14.5 Å². The predicted molar refractivity (Wildman–Crippen MR) is 87.3 cm³/mol. The fourth-order valence-corrected chi connectivity index (χ4v) is 4.49. The Labute approximate surface area is 138 Å². The van der Waals surface area contributed by atoms with Crippen molar-refractivity contribution in [3.63, 3.8) is 0 Å². The first-order valence-corrected chi connectivity index (χ1v) is 8.89. The molecule has 2 heterocycles. The van der Waals surface area contributed by atoms with E-state index in [1.807, 2.05) is 0 Å². The summed E-state index contributed by atoms with van der Waals surface area (Å²) in [7, 11) is 0. The van der Waals surface area contributed by atoms with Gasteiger partial charge in [-0.2, -0.15) is 0 Å². The number of Topliss-reactive ketones (excluding diaryl/α,β-unsaturated/α-hetero) is 1. The van der Waals surface area contributed by atoms with Crippen LogP contribution in [0.3, 0.4) is 0 Å². The Bertz CT molecular complexity index is 711. The van der Waals surface area contributed by atoms with E-state index in [0.29, 0.717) is 25.1 Å². The second-order valence-electron chi connectivity index (χ2n) is 6.50. The Balaban J connectivity index is 1.65. The molecule has 1 atom stereocenters. The van der Waals surface area contributed by atoms with Crippen LogP contribution in [0.5, 0.6) is 0 Å². The number of carbonyl (C=O) groups excluding carboxylic acids is 2. The Morgan fingerprint density at radius 3 is 2.83 bits per heavy atom. The van der Waals surface area contributed by atoms with Crippen LogP contribution >= 0.6 is 11.8 Å². The van der Waals surface area contributed by atoms with Crippen molar-refractivity contribution < 1.29 is 14.0 Å². The lowest BCUT2D eigenvalue weighted by atomic mass is 9.94. The molecule has 0 saturated heterocycles. The molecule has 0 unspecified atom stereocenters. The van der Waals surface area contributed by atoms with E-state index < -0.39 is 6.04 Å². The molecule has 0 spiro atoms. The highest BCUT2D eigenvalue weighted by molar-refractivity contribution is 8.17. The number of rotatable bonds is 4. The molecule has 1 aromatic rings. The highest BCUT2D eigenvalue weighted by atomic mass is 32.2. The average molecular weight is 331 g/mol. The van der Waals surface area contributed by atoms with Crippen molar-refractivity contribution in [1.82, 2.24) is 4.90 Å². The van der Waals surface area contributed by atoms with Gasteiger partial charge < -0.3 is 0 Å². The largest absolute Gasteiger partial charge is 0.297 e. The zero-order chi connectivity index (χ0) is 16.0. The van der Waals surface area contributed by atoms with Gasteiger partial charge in [-0.25, -0.2) is 4.39 Å². The molecular formula is C18H18FNO2S. The molecule has 23 heavy (non-hydrogen) atoms. The van der Waals surface area contributed by atoms with E-state index in [1.165, 1.54) is 17.8 Å². The predicted octanol–water partition coefficient (Wildman–Crippen LogP) is 3.47. The van der Waals surface area contributed by atoms with Crippen LogP contribution in [0.25, 0.3) is 0 Å². The topological polar surface area (TPSA) is 37.4 Å². The number of nitrogens with zero attached hydrogens (tertiary/aromatic N) is 1. The van der Waals surface area contributed by atoms with Gasteiger partial charge in [-0.1, -0.05) is 30.0 Å². The maximum Gasteiger partial charge on any atom is 0.197 e. The van der Waals surface area contributed by atoms with Gasteiger partial charge in [0.25, 0.3) is 0 Å². The maximum atomic E-state index is 14.3. The van der Waals surface area contributed by atoms with Crippen LogP contribution in [0.1, 0.15) is 37.3 Å². The van der Waals surface area contributed by atoms with Gasteiger partial charge >= 0.3 is 0 Å². The molecule has 0 bridgehead atoms. The zero-order valence-corrected chi connectivity index (χ0v) is 13.6. The fraction of sp³-hybridized carbons (Fsp3) is 0.444. The van der Waals surface area contributed by atoms with Gasteiger partial charge in [0.1, 0.15) is 5.82 Å². The highest BCUT2D eigenvalue weighted by Crippen LogP contribution is 2.43. The van der Waals surface area contributed by atoms with Gasteiger partial charge in [0, 0.05) is 31.0 Å². The van der Waals surface area contributed by atoms with Gasteiger partial charge in [0.15, 0.2) is 10.9 Å². The minimum Gasteiger partial charge on any atom is -0.297 e. The van der Waals surface area contributed by atoms with Crippen LogP contribution in [0, 0.1) is 11.7 Å². The highest BCUT2D eigenvalue weighted by Gasteiger charge is 2.41. The van der Waals surface area contributed by atoms with E-state index in [4.69, 9.17) is 0 Å².